The molecule has 2 saturated heterocycles. The van der Waals surface area contributed by atoms with Crippen molar-refractivity contribution in [1.82, 2.24) is 4.90 Å². The fraction of sp³-hybridized carbons (Fsp3) is 0.478. The predicted molar refractivity (Wildman–Crippen MR) is 103 cm³/mol. The molecule has 0 radical (unpaired) electrons. The van der Waals surface area contributed by atoms with Crippen molar-refractivity contribution < 1.29 is 4.74 Å². The molecule has 2 aromatic carbocycles. The van der Waals surface area contributed by atoms with Crippen LogP contribution in [0.1, 0.15) is 56.3 Å². The second-order valence-electron chi connectivity index (χ2n) is 7.50. The smallest absolute Gasteiger partial charge is 0.108 e. The molecule has 2 nitrogen and oxygen atoms in total. The molecule has 4 rings (SSSR count). The number of hydrogen-bond donors (Lipinski definition) is 0. The Morgan fingerprint density at radius 3 is 1.88 bits per heavy atom. The topological polar surface area (TPSA) is 12.5 Å². The maximum absolute atomic E-state index is 6.77. The summed E-state index contributed by atoms with van der Waals surface area (Å²) < 4.78 is 6.77. The molecule has 2 heteroatoms. The van der Waals surface area contributed by atoms with Crippen molar-refractivity contribution in [2.45, 2.75) is 63.3 Å². The van der Waals surface area contributed by atoms with E-state index in [0.717, 1.165) is 12.1 Å². The van der Waals surface area contributed by atoms with Gasteiger partial charge in [-0.3, -0.25) is 4.90 Å². The van der Waals surface area contributed by atoms with Gasteiger partial charge in [0.2, 0.25) is 0 Å². The highest BCUT2D eigenvalue weighted by atomic mass is 16.5. The Balaban J connectivity index is 1.55. The minimum absolute atomic E-state index is 0.0429. The fourth-order valence-corrected chi connectivity index (χ4v) is 4.85. The van der Waals surface area contributed by atoms with Crippen molar-refractivity contribution in [3.05, 3.63) is 71.8 Å². The number of nitrogens with zero attached hydrogens (tertiary/aromatic N) is 1. The largest absolute Gasteiger partial charge is 0.365 e. The first kappa shape index (κ1) is 16.8. The van der Waals surface area contributed by atoms with Gasteiger partial charge in [0, 0.05) is 12.1 Å². The summed E-state index contributed by atoms with van der Waals surface area (Å²) in [6.07, 6.45) is 6.84. The minimum Gasteiger partial charge on any atom is -0.365 e. The Bertz CT molecular complexity index is 603. The molecular weight excluding hydrogens is 306 g/mol. The van der Waals surface area contributed by atoms with Crippen LogP contribution in [0.15, 0.2) is 60.7 Å². The van der Waals surface area contributed by atoms with Crippen LogP contribution in [0, 0.1) is 0 Å². The third-order valence-corrected chi connectivity index (χ3v) is 5.98. The van der Waals surface area contributed by atoms with E-state index in [0.29, 0.717) is 6.10 Å². The Morgan fingerprint density at radius 1 is 0.880 bits per heavy atom. The van der Waals surface area contributed by atoms with Gasteiger partial charge in [-0.05, 0) is 43.4 Å². The van der Waals surface area contributed by atoms with Crippen LogP contribution in [0.2, 0.25) is 0 Å². The van der Waals surface area contributed by atoms with Crippen LogP contribution >= 0.6 is 0 Å². The number of benzene rings is 2. The van der Waals surface area contributed by atoms with Gasteiger partial charge in [0.05, 0.1) is 6.10 Å². The lowest BCUT2D eigenvalue weighted by molar-refractivity contribution is -0.0784. The molecule has 0 amide bonds. The summed E-state index contributed by atoms with van der Waals surface area (Å²) in [5, 5.41) is 0. The number of fused-ring (bicyclic) bond motifs is 2. The van der Waals surface area contributed by atoms with Crippen LogP contribution in [0.4, 0.5) is 0 Å². The van der Waals surface area contributed by atoms with Crippen molar-refractivity contribution in [2.24, 2.45) is 0 Å². The van der Waals surface area contributed by atoms with E-state index in [4.69, 9.17) is 4.74 Å². The van der Waals surface area contributed by atoms with E-state index in [2.05, 4.69) is 72.5 Å². The van der Waals surface area contributed by atoms with Gasteiger partial charge < -0.3 is 4.74 Å². The SMILES string of the molecule is CCN1C2CCCC1CC(OC(c1ccccc1)c1ccccc1)C2. The normalized spacial score (nSPS) is 26.7. The molecule has 2 aliphatic rings. The average molecular weight is 335 g/mol. The van der Waals surface area contributed by atoms with Gasteiger partial charge in [-0.1, -0.05) is 74.0 Å². The summed E-state index contributed by atoms with van der Waals surface area (Å²) in [5.41, 5.74) is 2.52. The van der Waals surface area contributed by atoms with Crippen molar-refractivity contribution in [1.29, 1.82) is 0 Å². The third-order valence-electron chi connectivity index (χ3n) is 5.98. The number of rotatable bonds is 5. The molecular formula is C23H29NO. The zero-order chi connectivity index (χ0) is 17.1. The quantitative estimate of drug-likeness (QED) is 0.745. The van der Waals surface area contributed by atoms with E-state index in [1.54, 1.807) is 0 Å². The van der Waals surface area contributed by atoms with E-state index in [9.17, 15) is 0 Å². The monoisotopic (exact) mass is 335 g/mol. The van der Waals surface area contributed by atoms with Crippen LogP contribution in [-0.2, 0) is 4.74 Å². The summed E-state index contributed by atoms with van der Waals surface area (Å²) in [6, 6.07) is 22.8. The fourth-order valence-electron chi connectivity index (χ4n) is 4.85. The van der Waals surface area contributed by atoms with Gasteiger partial charge in [0.15, 0.2) is 0 Å². The molecule has 2 unspecified atom stereocenters. The maximum atomic E-state index is 6.77. The minimum atomic E-state index is 0.0429. The second kappa shape index (κ2) is 7.72. The zero-order valence-electron chi connectivity index (χ0n) is 15.2. The van der Waals surface area contributed by atoms with E-state index < -0.39 is 0 Å². The molecule has 2 fully saturated rings. The van der Waals surface area contributed by atoms with Crippen molar-refractivity contribution in [3.63, 3.8) is 0 Å². The molecule has 2 atom stereocenters. The summed E-state index contributed by atoms with van der Waals surface area (Å²) in [5.74, 6) is 0. The molecule has 132 valence electrons. The highest BCUT2D eigenvalue weighted by Gasteiger charge is 2.38. The highest BCUT2D eigenvalue weighted by Crippen LogP contribution is 2.38. The van der Waals surface area contributed by atoms with Gasteiger partial charge in [-0.25, -0.2) is 0 Å². The van der Waals surface area contributed by atoms with Crippen LogP contribution in [0.3, 0.4) is 0 Å². The molecule has 0 aliphatic carbocycles. The summed E-state index contributed by atoms with van der Waals surface area (Å²) >= 11 is 0. The Hall–Kier alpha value is -1.64. The Labute approximate surface area is 151 Å². The standard InChI is InChI=1S/C23H29NO/c1-2-24-20-14-9-15-21(24)17-22(16-20)25-23(18-10-5-3-6-11-18)19-12-7-4-8-13-19/h3-8,10-13,20-23H,2,9,14-17H2,1H3. The third kappa shape index (κ3) is 3.65. The van der Waals surface area contributed by atoms with Gasteiger partial charge >= 0.3 is 0 Å². The lowest BCUT2D eigenvalue weighted by Crippen LogP contribution is -2.53. The van der Waals surface area contributed by atoms with Gasteiger partial charge in [-0.2, -0.15) is 0 Å². The highest BCUT2D eigenvalue weighted by molar-refractivity contribution is 5.30. The number of ether oxygens (including phenoxy) is 1. The van der Waals surface area contributed by atoms with Crippen molar-refractivity contribution >= 4 is 0 Å². The van der Waals surface area contributed by atoms with Crippen LogP contribution in [0.5, 0.6) is 0 Å². The molecule has 0 aromatic heterocycles. The predicted octanol–water partition coefficient (Wildman–Crippen LogP) is 5.20. The molecule has 0 spiro atoms. The van der Waals surface area contributed by atoms with Crippen LogP contribution in [0.25, 0.3) is 0 Å². The summed E-state index contributed by atoms with van der Waals surface area (Å²) in [7, 11) is 0. The van der Waals surface area contributed by atoms with E-state index >= 15 is 0 Å². The molecule has 0 saturated carbocycles. The summed E-state index contributed by atoms with van der Waals surface area (Å²) in [4.78, 5) is 2.73. The molecule has 2 aromatic rings. The first-order chi connectivity index (χ1) is 12.3. The van der Waals surface area contributed by atoms with Crippen LogP contribution in [-0.4, -0.2) is 29.6 Å². The van der Waals surface area contributed by atoms with E-state index in [1.165, 1.54) is 49.8 Å². The molecule has 0 N–H and O–H groups in total. The zero-order valence-corrected chi connectivity index (χ0v) is 15.2. The Kier molecular flexibility index (Phi) is 5.19. The molecule has 2 heterocycles. The number of piperidine rings is 2. The van der Waals surface area contributed by atoms with Gasteiger partial charge in [0.1, 0.15) is 6.10 Å². The van der Waals surface area contributed by atoms with Gasteiger partial charge in [-0.15, -0.1) is 0 Å². The van der Waals surface area contributed by atoms with Crippen molar-refractivity contribution in [3.8, 4) is 0 Å². The first-order valence-electron chi connectivity index (χ1n) is 9.86. The molecule has 25 heavy (non-hydrogen) atoms. The Morgan fingerprint density at radius 2 is 1.40 bits per heavy atom. The molecule has 2 aliphatic heterocycles. The lowest BCUT2D eigenvalue weighted by Gasteiger charge is -2.49. The van der Waals surface area contributed by atoms with E-state index in [1.807, 2.05) is 0 Å². The maximum Gasteiger partial charge on any atom is 0.108 e. The number of hydrogen-bond acceptors (Lipinski definition) is 2. The van der Waals surface area contributed by atoms with E-state index in [-0.39, 0.29) is 6.10 Å². The summed E-state index contributed by atoms with van der Waals surface area (Å²) in [6.45, 7) is 3.49. The van der Waals surface area contributed by atoms with Gasteiger partial charge in [0.25, 0.3) is 0 Å². The second-order valence-corrected chi connectivity index (χ2v) is 7.50. The first-order valence-corrected chi connectivity index (χ1v) is 9.86. The van der Waals surface area contributed by atoms with Crippen LogP contribution < -0.4 is 0 Å². The lowest BCUT2D eigenvalue weighted by atomic mass is 9.82. The van der Waals surface area contributed by atoms with Crippen molar-refractivity contribution in [2.75, 3.05) is 6.54 Å². The molecule has 2 bridgehead atoms. The average Bonchev–Trinajstić information content (AvgIpc) is 2.66.